The number of nitrogens with zero attached hydrogens (tertiary/aromatic N) is 1. The van der Waals surface area contributed by atoms with Gasteiger partial charge in [-0.3, -0.25) is 15.0 Å². The van der Waals surface area contributed by atoms with Crippen molar-refractivity contribution in [3.05, 3.63) is 0 Å². The summed E-state index contributed by atoms with van der Waals surface area (Å²) in [6.07, 6.45) is 3.86. The molecule has 7 rings (SSSR count). The third kappa shape index (κ3) is 6.59. The zero-order valence-corrected chi connectivity index (χ0v) is 34.4. The summed E-state index contributed by atoms with van der Waals surface area (Å²) in [6, 6.07) is 0.475. The van der Waals surface area contributed by atoms with Crippen LogP contribution in [0.3, 0.4) is 0 Å². The first-order valence-electron chi connectivity index (χ1n) is 20.0. The summed E-state index contributed by atoms with van der Waals surface area (Å²) in [5.41, 5.74) is -1.33. The third-order valence-electron chi connectivity index (χ3n) is 16.2. The molecule has 7 aliphatic rings. The van der Waals surface area contributed by atoms with Gasteiger partial charge in [-0.2, -0.15) is 0 Å². The van der Waals surface area contributed by atoms with Crippen molar-refractivity contribution >= 4 is 46.8 Å². The van der Waals surface area contributed by atoms with Crippen molar-refractivity contribution in [2.75, 3.05) is 32.9 Å². The fourth-order valence-corrected chi connectivity index (χ4v) is 13.8. The van der Waals surface area contributed by atoms with E-state index in [2.05, 4.69) is 32.6 Å². The maximum absolute atomic E-state index is 12.5. The molecule has 7 fully saturated rings. The molecule has 5 saturated carbocycles. The number of morpholine rings is 1. The lowest BCUT2D eigenvalue weighted by molar-refractivity contribution is -0.254. The second-order valence-electron chi connectivity index (χ2n) is 19.1. The van der Waals surface area contributed by atoms with Crippen LogP contribution in [0.5, 0.6) is 0 Å². The van der Waals surface area contributed by atoms with Crippen LogP contribution >= 0.6 is 34.8 Å². The molecule has 2 amide bonds. The van der Waals surface area contributed by atoms with Gasteiger partial charge >= 0.3 is 6.09 Å². The van der Waals surface area contributed by atoms with Gasteiger partial charge in [0, 0.05) is 6.54 Å². The number of aliphatic hydroxyl groups excluding tert-OH is 2. The number of imide groups is 1. The molecule has 0 bridgehead atoms. The summed E-state index contributed by atoms with van der Waals surface area (Å²) in [4.78, 5) is 26.9. The van der Waals surface area contributed by atoms with Gasteiger partial charge in [0.05, 0.1) is 56.3 Å². The normalized spacial score (nSPS) is 44.4. The molecule has 11 nitrogen and oxygen atoms in total. The number of ether oxygens (including phenoxy) is 4. The van der Waals surface area contributed by atoms with Crippen LogP contribution in [0.1, 0.15) is 99.3 Å². The summed E-state index contributed by atoms with van der Waals surface area (Å²) in [5, 5.41) is 36.4. The van der Waals surface area contributed by atoms with E-state index < -0.39 is 39.7 Å². The van der Waals surface area contributed by atoms with Gasteiger partial charge in [-0.15, -0.1) is 0 Å². The van der Waals surface area contributed by atoms with E-state index in [1.165, 1.54) is 13.8 Å². The third-order valence-corrected chi connectivity index (χ3v) is 16.7. The van der Waals surface area contributed by atoms with Crippen LogP contribution in [0.15, 0.2) is 0 Å². The van der Waals surface area contributed by atoms with Crippen molar-refractivity contribution in [2.24, 2.45) is 51.2 Å². The molecule has 4 N–H and O–H groups in total. The average Bonchev–Trinajstić information content (AvgIpc) is 3.50. The number of amides is 2. The van der Waals surface area contributed by atoms with E-state index in [-0.39, 0.29) is 52.3 Å². The van der Waals surface area contributed by atoms with Crippen molar-refractivity contribution in [2.45, 2.75) is 145 Å². The van der Waals surface area contributed by atoms with Crippen LogP contribution in [-0.2, 0) is 23.7 Å². The SMILES string of the molecule is C[C@@H]1C23CC[C@H](OC4CN(C5COC5)CCO4)C(C)(C)C2CC[C@H]2C4[C@@H](O)[C@@H](O)C(CCC[C@H](OC(=O)NC(=O)C(Cl)(Cl)Cl)C(C)(C)O)[C@@]4(C)CC[C@]123. The number of aliphatic hydroxyl groups is 3. The Bertz CT molecular complexity index is 1400. The lowest BCUT2D eigenvalue weighted by Gasteiger charge is -2.60. The molecule has 2 heterocycles. The van der Waals surface area contributed by atoms with Crippen LogP contribution in [0, 0.1) is 51.2 Å². The highest BCUT2D eigenvalue weighted by atomic mass is 35.6. The first kappa shape index (κ1) is 40.7. The Balaban J connectivity index is 1.01. The number of fused-ring (bicyclic) bond motifs is 2. The highest BCUT2D eigenvalue weighted by Crippen LogP contribution is 2.89. The average molecular weight is 808 g/mol. The molecule has 2 saturated heterocycles. The topological polar surface area (TPSA) is 147 Å². The summed E-state index contributed by atoms with van der Waals surface area (Å²) in [5.74, 6) is 0.0992. The van der Waals surface area contributed by atoms with E-state index >= 15 is 0 Å². The van der Waals surface area contributed by atoms with Gasteiger partial charge in [-0.1, -0.05) is 62.5 Å². The molecule has 0 aromatic rings. The molecular weight excluding hydrogens is 747 g/mol. The molecule has 14 heteroatoms. The number of rotatable bonds is 9. The zero-order chi connectivity index (χ0) is 38.5. The van der Waals surface area contributed by atoms with Crippen LogP contribution in [-0.4, -0.2) is 111 Å². The minimum Gasteiger partial charge on any atom is -0.443 e. The van der Waals surface area contributed by atoms with Crippen molar-refractivity contribution in [3.63, 3.8) is 0 Å². The van der Waals surface area contributed by atoms with Gasteiger partial charge in [-0.05, 0) is 123 Å². The molecule has 302 valence electrons. The maximum Gasteiger partial charge on any atom is 0.414 e. The Morgan fingerprint density at radius 3 is 2.38 bits per heavy atom. The predicted molar refractivity (Wildman–Crippen MR) is 199 cm³/mol. The highest BCUT2D eigenvalue weighted by Gasteiger charge is 2.85. The minimum absolute atomic E-state index is 0.00624. The number of hydrogen-bond acceptors (Lipinski definition) is 10. The first-order valence-corrected chi connectivity index (χ1v) is 21.1. The summed E-state index contributed by atoms with van der Waals surface area (Å²) >= 11 is 16.7. The van der Waals surface area contributed by atoms with Gasteiger partial charge in [-0.25, -0.2) is 4.79 Å². The predicted octanol–water partition coefficient (Wildman–Crippen LogP) is 5.60. The van der Waals surface area contributed by atoms with Crippen molar-refractivity contribution in [1.82, 2.24) is 10.2 Å². The lowest BCUT2D eigenvalue weighted by Crippen LogP contribution is -2.58. The molecule has 0 aromatic heterocycles. The molecule has 2 aliphatic heterocycles. The number of alkyl carbamates (subject to hydrolysis) is 1. The number of halogens is 3. The van der Waals surface area contributed by atoms with Crippen LogP contribution in [0.25, 0.3) is 0 Å². The highest BCUT2D eigenvalue weighted by molar-refractivity contribution is 6.76. The fraction of sp³-hybridized carbons (Fsp3) is 0.949. The quantitative estimate of drug-likeness (QED) is 0.217. The largest absolute Gasteiger partial charge is 0.443 e. The Morgan fingerprint density at radius 1 is 1.02 bits per heavy atom. The molecule has 53 heavy (non-hydrogen) atoms. The van der Waals surface area contributed by atoms with E-state index in [1.807, 2.05) is 5.32 Å². The van der Waals surface area contributed by atoms with Gasteiger partial charge in [0.25, 0.3) is 9.70 Å². The van der Waals surface area contributed by atoms with Gasteiger partial charge < -0.3 is 34.3 Å². The Kier molecular flexibility index (Phi) is 10.8. The number of nitrogens with one attached hydrogen (secondary N) is 1. The van der Waals surface area contributed by atoms with Crippen molar-refractivity contribution < 1.29 is 43.9 Å². The Labute approximate surface area is 329 Å². The second-order valence-corrected chi connectivity index (χ2v) is 21.3. The van der Waals surface area contributed by atoms with E-state index in [0.29, 0.717) is 43.2 Å². The van der Waals surface area contributed by atoms with E-state index in [4.69, 9.17) is 53.8 Å². The molecule has 5 unspecified atom stereocenters. The number of carbonyl (C=O) groups excluding carboxylic acids is 2. The zero-order valence-electron chi connectivity index (χ0n) is 32.1. The number of alkyl halides is 3. The number of carbonyl (C=O) groups is 2. The van der Waals surface area contributed by atoms with E-state index in [9.17, 15) is 24.9 Å². The van der Waals surface area contributed by atoms with Crippen LogP contribution in [0.4, 0.5) is 4.79 Å². The Morgan fingerprint density at radius 2 is 1.74 bits per heavy atom. The minimum atomic E-state index is -2.34. The summed E-state index contributed by atoms with van der Waals surface area (Å²) in [7, 11) is 0. The molecule has 0 radical (unpaired) electrons. The monoisotopic (exact) mass is 806 g/mol. The second kappa shape index (κ2) is 14.1. The van der Waals surface area contributed by atoms with E-state index in [1.54, 1.807) is 0 Å². The fourth-order valence-electron chi connectivity index (χ4n) is 13.6. The molecule has 2 spiro atoms. The summed E-state index contributed by atoms with van der Waals surface area (Å²) < 4.78 is 21.6. The molecule has 13 atom stereocenters. The Hall–Kier alpha value is -0.470. The standard InChI is InChI=1S/C39H61Cl3N2O9/c1-21-37-15-14-36(6)24(8-7-9-27(35(4,5)49)53-33(48)43-32(47)39(40,41)42)30(45)31(46)29(36)23(37)10-11-25-34(2,3)26(12-13-38(21,25)37)52-28-18-44(16-17-51-28)22-19-50-20-22/h21-31,45-46,49H,7-20H2,1-6H3,(H,43,47,48)/t21-,23-,24?,25?,26-,27-,28?,29?,30-,31+,36+,37-,38?/m0/s1. The summed E-state index contributed by atoms with van der Waals surface area (Å²) in [6.45, 7) is 16.6. The molecule has 5 aliphatic carbocycles. The van der Waals surface area contributed by atoms with Gasteiger partial charge in [0.15, 0.2) is 6.29 Å². The van der Waals surface area contributed by atoms with E-state index in [0.717, 1.165) is 64.8 Å². The van der Waals surface area contributed by atoms with Crippen LogP contribution in [0.2, 0.25) is 0 Å². The molecule has 0 aromatic carbocycles. The van der Waals surface area contributed by atoms with Crippen LogP contribution < -0.4 is 5.32 Å². The first-order chi connectivity index (χ1) is 24.7. The lowest BCUT2D eigenvalue weighted by atomic mass is 9.46. The smallest absolute Gasteiger partial charge is 0.414 e. The molecular formula is C39H61Cl3N2O9. The van der Waals surface area contributed by atoms with Crippen molar-refractivity contribution in [3.8, 4) is 0 Å². The number of hydrogen-bond donors (Lipinski definition) is 4. The van der Waals surface area contributed by atoms with Crippen molar-refractivity contribution in [1.29, 1.82) is 0 Å². The maximum atomic E-state index is 12.5. The van der Waals surface area contributed by atoms with Gasteiger partial charge in [0.1, 0.15) is 6.10 Å². The van der Waals surface area contributed by atoms with Gasteiger partial charge in [0.2, 0.25) is 0 Å².